The van der Waals surface area contributed by atoms with E-state index in [1.807, 2.05) is 0 Å². The summed E-state index contributed by atoms with van der Waals surface area (Å²) in [6.45, 7) is 2.07. The molecule has 0 aromatic heterocycles. The average molecular weight is 357 g/mol. The highest BCUT2D eigenvalue weighted by atomic mass is 16.2. The molecule has 0 aliphatic heterocycles. The van der Waals surface area contributed by atoms with Gasteiger partial charge in [-0.05, 0) is 39.8 Å². The molecule has 0 spiro atoms. The molecule has 0 radical (unpaired) electrons. The molecule has 0 aromatic carbocycles. The van der Waals surface area contributed by atoms with E-state index in [1.165, 1.54) is 0 Å². The first-order valence-corrected chi connectivity index (χ1v) is 8.49. The summed E-state index contributed by atoms with van der Waals surface area (Å²) in [6.07, 6.45) is 1.69. The van der Waals surface area contributed by atoms with Crippen molar-refractivity contribution in [2.24, 2.45) is 17.2 Å². The Hall–Kier alpha value is -1.68. The predicted molar refractivity (Wildman–Crippen MR) is 94.6 cm³/mol. The highest BCUT2D eigenvalue weighted by Gasteiger charge is 2.29. The molecule has 3 atom stereocenters. The highest BCUT2D eigenvalue weighted by molar-refractivity contribution is 6.41. The lowest BCUT2D eigenvalue weighted by Gasteiger charge is -2.19. The molecule has 0 aromatic rings. The summed E-state index contributed by atoms with van der Waals surface area (Å²) in [5.74, 6) is -2.20. The minimum atomic E-state index is -0.964. The quantitative estimate of drug-likeness (QED) is 0.165. The summed E-state index contributed by atoms with van der Waals surface area (Å²) in [6, 6.07) is -2.27. The van der Waals surface area contributed by atoms with E-state index in [0.29, 0.717) is 19.4 Å². The fourth-order valence-electron chi connectivity index (χ4n) is 2.14. The lowest BCUT2D eigenvalue weighted by molar-refractivity contribution is -0.139. The standard InChI is InChI=1S/C16H31N5O4/c1-10(20-2)13(22)9-21-12(6-7-14(19)23)16(25)15(24)11(18)5-3-4-8-17/h10-12,20-21H,3-9,17-18H2,1-2H3,(H2,19,23)/t10-,11-,12-/m0/s1. The Bertz CT molecular complexity index is 469. The molecule has 9 nitrogen and oxygen atoms in total. The number of nitrogens with one attached hydrogen (secondary N) is 2. The smallest absolute Gasteiger partial charge is 0.217 e. The predicted octanol–water partition coefficient (Wildman–Crippen LogP) is -2.02. The number of Topliss-reactive ketones (excluding diaryl/α,β-unsaturated/α-hetero) is 3. The number of carbonyl (C=O) groups excluding carboxylic acids is 4. The molecule has 0 aliphatic carbocycles. The van der Waals surface area contributed by atoms with E-state index in [1.54, 1.807) is 14.0 Å². The second kappa shape index (κ2) is 12.6. The number of primary amides is 1. The monoisotopic (exact) mass is 357 g/mol. The van der Waals surface area contributed by atoms with Crippen LogP contribution in [0.15, 0.2) is 0 Å². The van der Waals surface area contributed by atoms with E-state index in [0.717, 1.165) is 6.42 Å². The van der Waals surface area contributed by atoms with Gasteiger partial charge in [-0.25, -0.2) is 0 Å². The van der Waals surface area contributed by atoms with Crippen molar-refractivity contribution in [3.63, 3.8) is 0 Å². The van der Waals surface area contributed by atoms with Crippen LogP contribution in [0.2, 0.25) is 0 Å². The van der Waals surface area contributed by atoms with Crippen LogP contribution in [0.25, 0.3) is 0 Å². The molecule has 0 rings (SSSR count). The molecular formula is C16H31N5O4. The SMILES string of the molecule is CN[C@@H](C)C(=O)CN[C@@H](CCC(N)=O)C(=O)C(=O)[C@@H](N)CCCCN. The number of nitrogens with two attached hydrogens (primary N) is 3. The van der Waals surface area contributed by atoms with Crippen LogP contribution in [0.3, 0.4) is 0 Å². The van der Waals surface area contributed by atoms with Crippen molar-refractivity contribution in [2.75, 3.05) is 20.1 Å². The number of rotatable bonds is 15. The maximum absolute atomic E-state index is 12.4. The van der Waals surface area contributed by atoms with Gasteiger partial charge in [0.15, 0.2) is 5.78 Å². The molecule has 0 bridgehead atoms. The van der Waals surface area contributed by atoms with Gasteiger partial charge in [-0.3, -0.25) is 19.2 Å². The van der Waals surface area contributed by atoms with Gasteiger partial charge in [0.05, 0.1) is 24.7 Å². The van der Waals surface area contributed by atoms with Crippen LogP contribution in [0.1, 0.15) is 39.0 Å². The number of likely N-dealkylation sites (N-methyl/N-ethyl adjacent to an activating group) is 1. The second-order valence-electron chi connectivity index (χ2n) is 6.03. The average Bonchev–Trinajstić information content (AvgIpc) is 2.59. The Balaban J connectivity index is 4.81. The lowest BCUT2D eigenvalue weighted by Crippen LogP contribution is -2.49. The van der Waals surface area contributed by atoms with Crippen molar-refractivity contribution in [1.29, 1.82) is 0 Å². The summed E-state index contributed by atoms with van der Waals surface area (Å²) in [5.41, 5.74) is 16.3. The normalized spacial score (nSPS) is 14.6. The molecule has 9 heteroatoms. The summed E-state index contributed by atoms with van der Waals surface area (Å²) >= 11 is 0. The van der Waals surface area contributed by atoms with E-state index >= 15 is 0 Å². The molecular weight excluding hydrogens is 326 g/mol. The van der Waals surface area contributed by atoms with Crippen LogP contribution in [0.5, 0.6) is 0 Å². The van der Waals surface area contributed by atoms with Crippen molar-refractivity contribution in [2.45, 2.75) is 57.2 Å². The molecule has 0 unspecified atom stereocenters. The zero-order valence-electron chi connectivity index (χ0n) is 15.0. The summed E-state index contributed by atoms with van der Waals surface area (Å²) in [4.78, 5) is 47.4. The number of unbranched alkanes of at least 4 members (excludes halogenated alkanes) is 1. The van der Waals surface area contributed by atoms with Crippen molar-refractivity contribution in [3.05, 3.63) is 0 Å². The van der Waals surface area contributed by atoms with Crippen molar-refractivity contribution < 1.29 is 19.2 Å². The minimum absolute atomic E-state index is 0.0383. The molecule has 144 valence electrons. The molecule has 25 heavy (non-hydrogen) atoms. The third-order valence-electron chi connectivity index (χ3n) is 3.98. The first-order valence-electron chi connectivity index (χ1n) is 8.49. The van der Waals surface area contributed by atoms with E-state index in [4.69, 9.17) is 17.2 Å². The first kappa shape index (κ1) is 23.3. The molecule has 1 amide bonds. The summed E-state index contributed by atoms with van der Waals surface area (Å²) < 4.78 is 0. The number of hydrogen-bond donors (Lipinski definition) is 5. The topological polar surface area (TPSA) is 170 Å². The van der Waals surface area contributed by atoms with Gasteiger partial charge >= 0.3 is 0 Å². The zero-order valence-corrected chi connectivity index (χ0v) is 15.0. The Morgan fingerprint density at radius 3 is 2.20 bits per heavy atom. The van der Waals surface area contributed by atoms with E-state index in [-0.39, 0.29) is 25.2 Å². The van der Waals surface area contributed by atoms with Gasteiger partial charge in [0.1, 0.15) is 0 Å². The van der Waals surface area contributed by atoms with Crippen LogP contribution in [0.4, 0.5) is 0 Å². The van der Waals surface area contributed by atoms with Crippen LogP contribution >= 0.6 is 0 Å². The van der Waals surface area contributed by atoms with Crippen LogP contribution in [-0.2, 0) is 19.2 Å². The van der Waals surface area contributed by atoms with Gasteiger partial charge in [0, 0.05) is 6.42 Å². The van der Waals surface area contributed by atoms with Crippen molar-refractivity contribution in [1.82, 2.24) is 10.6 Å². The van der Waals surface area contributed by atoms with E-state index in [9.17, 15) is 19.2 Å². The molecule has 0 fully saturated rings. The maximum atomic E-state index is 12.4. The molecule has 0 saturated heterocycles. The van der Waals surface area contributed by atoms with E-state index in [2.05, 4.69) is 10.6 Å². The van der Waals surface area contributed by atoms with Gasteiger partial charge in [-0.15, -0.1) is 0 Å². The first-order chi connectivity index (χ1) is 11.7. The van der Waals surface area contributed by atoms with Gasteiger partial charge in [-0.1, -0.05) is 6.42 Å². The zero-order chi connectivity index (χ0) is 19.4. The van der Waals surface area contributed by atoms with Crippen LogP contribution < -0.4 is 27.8 Å². The molecule has 0 saturated carbocycles. The number of amides is 1. The van der Waals surface area contributed by atoms with Crippen molar-refractivity contribution >= 4 is 23.3 Å². The molecule has 0 heterocycles. The molecule has 0 aliphatic rings. The third kappa shape index (κ3) is 9.40. The summed E-state index contributed by atoms with van der Waals surface area (Å²) in [5, 5.41) is 5.54. The number of hydrogen-bond acceptors (Lipinski definition) is 8. The van der Waals surface area contributed by atoms with Gasteiger partial charge in [0.2, 0.25) is 17.5 Å². The fourth-order valence-corrected chi connectivity index (χ4v) is 2.14. The lowest BCUT2D eigenvalue weighted by atomic mass is 9.96. The second-order valence-corrected chi connectivity index (χ2v) is 6.03. The largest absolute Gasteiger partial charge is 0.370 e. The van der Waals surface area contributed by atoms with Crippen LogP contribution in [-0.4, -0.2) is 61.5 Å². The fraction of sp³-hybridized carbons (Fsp3) is 0.750. The maximum Gasteiger partial charge on any atom is 0.217 e. The van der Waals surface area contributed by atoms with Gasteiger partial charge in [-0.2, -0.15) is 0 Å². The van der Waals surface area contributed by atoms with Gasteiger partial charge < -0.3 is 27.8 Å². The highest BCUT2D eigenvalue weighted by Crippen LogP contribution is 2.05. The number of carbonyl (C=O) groups is 4. The Morgan fingerprint density at radius 2 is 1.68 bits per heavy atom. The van der Waals surface area contributed by atoms with Gasteiger partial charge in [0.25, 0.3) is 0 Å². The Morgan fingerprint density at radius 1 is 1.04 bits per heavy atom. The Kier molecular flexibility index (Phi) is 11.8. The minimum Gasteiger partial charge on any atom is -0.370 e. The molecule has 8 N–H and O–H groups in total. The summed E-state index contributed by atoms with van der Waals surface area (Å²) in [7, 11) is 1.64. The number of ketones is 3. The third-order valence-corrected chi connectivity index (χ3v) is 3.98. The van der Waals surface area contributed by atoms with Crippen LogP contribution in [0, 0.1) is 0 Å². The van der Waals surface area contributed by atoms with Crippen molar-refractivity contribution in [3.8, 4) is 0 Å². The Labute approximate surface area is 148 Å². The van der Waals surface area contributed by atoms with E-state index < -0.39 is 35.6 Å².